The van der Waals surface area contributed by atoms with E-state index >= 15 is 0 Å². The Morgan fingerprint density at radius 2 is 2.13 bits per heavy atom. The highest BCUT2D eigenvalue weighted by molar-refractivity contribution is 5.38. The number of hydrogen-bond acceptors (Lipinski definition) is 0. The maximum atomic E-state index is 2.74. The molecule has 2 spiro atoms. The molecule has 4 saturated carbocycles. The van der Waals surface area contributed by atoms with Crippen molar-refractivity contribution in [2.75, 3.05) is 0 Å². The first-order valence-corrected chi connectivity index (χ1v) is 7.02. The summed E-state index contributed by atoms with van der Waals surface area (Å²) in [6.07, 6.45) is 15.4. The molecule has 5 atom stereocenters. The van der Waals surface area contributed by atoms with Gasteiger partial charge in [-0.3, -0.25) is 0 Å². The van der Waals surface area contributed by atoms with Crippen LogP contribution in [0.5, 0.6) is 0 Å². The van der Waals surface area contributed by atoms with Gasteiger partial charge in [-0.25, -0.2) is 0 Å². The Hall–Kier alpha value is -0.260. The van der Waals surface area contributed by atoms with E-state index in [-0.39, 0.29) is 0 Å². The zero-order valence-electron chi connectivity index (χ0n) is 9.47. The van der Waals surface area contributed by atoms with Gasteiger partial charge in [0.2, 0.25) is 0 Å². The fourth-order valence-electron chi connectivity index (χ4n) is 6.54. The average molecular weight is 200 g/mol. The van der Waals surface area contributed by atoms with E-state index in [0.717, 1.165) is 28.6 Å². The molecular weight excluding hydrogens is 180 g/mol. The van der Waals surface area contributed by atoms with Crippen LogP contribution in [0.25, 0.3) is 0 Å². The lowest BCUT2D eigenvalue weighted by molar-refractivity contribution is 0.212. The van der Waals surface area contributed by atoms with E-state index in [9.17, 15) is 0 Å². The molecule has 4 bridgehead atoms. The Bertz CT molecular complexity index is 379. The smallest absolute Gasteiger partial charge is 0.00737 e. The minimum absolute atomic E-state index is 0.768. The molecule has 5 unspecified atom stereocenters. The Kier molecular flexibility index (Phi) is 1.10. The molecule has 5 rings (SSSR count). The maximum Gasteiger partial charge on any atom is -0.00737 e. The van der Waals surface area contributed by atoms with E-state index in [1.165, 1.54) is 6.42 Å². The summed E-state index contributed by atoms with van der Waals surface area (Å²) in [5.41, 5.74) is 3.59. The van der Waals surface area contributed by atoms with Gasteiger partial charge >= 0.3 is 0 Å². The summed E-state index contributed by atoms with van der Waals surface area (Å²) in [6, 6.07) is 0. The van der Waals surface area contributed by atoms with Gasteiger partial charge < -0.3 is 0 Å². The lowest BCUT2D eigenvalue weighted by atomic mass is 9.76. The van der Waals surface area contributed by atoms with Crippen LogP contribution < -0.4 is 0 Å². The summed E-state index contributed by atoms with van der Waals surface area (Å²) < 4.78 is 0. The zero-order chi connectivity index (χ0) is 9.67. The monoisotopic (exact) mass is 200 g/mol. The van der Waals surface area contributed by atoms with E-state index < -0.39 is 0 Å². The van der Waals surface area contributed by atoms with Crippen LogP contribution in [0, 0.1) is 28.6 Å². The van der Waals surface area contributed by atoms with Crippen molar-refractivity contribution in [2.24, 2.45) is 28.6 Å². The van der Waals surface area contributed by atoms with Gasteiger partial charge in [-0.2, -0.15) is 0 Å². The van der Waals surface area contributed by atoms with Gasteiger partial charge in [0.25, 0.3) is 0 Å². The molecule has 0 N–H and O–H groups in total. The molecule has 0 aromatic heterocycles. The third-order valence-corrected chi connectivity index (χ3v) is 6.79. The van der Waals surface area contributed by atoms with Crippen LogP contribution in [0.2, 0.25) is 0 Å². The molecular formula is C15H20. The van der Waals surface area contributed by atoms with Crippen LogP contribution in [-0.4, -0.2) is 0 Å². The summed E-state index contributed by atoms with van der Waals surface area (Å²) in [5, 5.41) is 0. The summed E-state index contributed by atoms with van der Waals surface area (Å²) in [4.78, 5) is 0. The Labute approximate surface area is 92.1 Å². The van der Waals surface area contributed by atoms with Crippen LogP contribution in [0.3, 0.4) is 0 Å². The SMILES string of the molecule is C1=C2C3CC4CCC3(C4)CC23CCC1C3. The third-order valence-electron chi connectivity index (χ3n) is 6.79. The highest BCUT2D eigenvalue weighted by Gasteiger charge is 2.66. The van der Waals surface area contributed by atoms with Crippen molar-refractivity contribution >= 4 is 0 Å². The minimum atomic E-state index is 0.768. The van der Waals surface area contributed by atoms with E-state index in [2.05, 4.69) is 6.08 Å². The van der Waals surface area contributed by atoms with Crippen LogP contribution in [0.15, 0.2) is 11.6 Å². The van der Waals surface area contributed by atoms with Crippen molar-refractivity contribution in [3.63, 3.8) is 0 Å². The molecule has 5 aliphatic carbocycles. The van der Waals surface area contributed by atoms with Gasteiger partial charge in [-0.1, -0.05) is 11.6 Å². The van der Waals surface area contributed by atoms with Crippen LogP contribution in [0.4, 0.5) is 0 Å². The van der Waals surface area contributed by atoms with Gasteiger partial charge in [-0.05, 0) is 80.0 Å². The lowest BCUT2D eigenvalue weighted by Gasteiger charge is -2.28. The van der Waals surface area contributed by atoms with Gasteiger partial charge in [0.15, 0.2) is 0 Å². The summed E-state index contributed by atoms with van der Waals surface area (Å²) in [5.74, 6) is 3.21. The van der Waals surface area contributed by atoms with Gasteiger partial charge in [0.05, 0.1) is 0 Å². The summed E-state index contributed by atoms with van der Waals surface area (Å²) in [7, 11) is 0. The zero-order valence-corrected chi connectivity index (χ0v) is 9.47. The Morgan fingerprint density at radius 3 is 3.00 bits per heavy atom. The van der Waals surface area contributed by atoms with Gasteiger partial charge in [0, 0.05) is 0 Å². The predicted octanol–water partition coefficient (Wildman–Crippen LogP) is 3.92. The molecule has 0 aliphatic heterocycles. The third kappa shape index (κ3) is 0.707. The summed E-state index contributed by atoms with van der Waals surface area (Å²) >= 11 is 0. The molecule has 0 amide bonds. The normalized spacial score (nSPS) is 63.5. The maximum absolute atomic E-state index is 2.74. The van der Waals surface area contributed by atoms with Crippen LogP contribution in [-0.2, 0) is 0 Å². The van der Waals surface area contributed by atoms with E-state index in [1.54, 1.807) is 44.9 Å². The van der Waals surface area contributed by atoms with Crippen LogP contribution in [0.1, 0.15) is 51.4 Å². The van der Waals surface area contributed by atoms with E-state index in [0.29, 0.717) is 0 Å². The average Bonchev–Trinajstić information content (AvgIpc) is 2.92. The molecule has 80 valence electrons. The molecule has 0 heteroatoms. The molecule has 0 nitrogen and oxygen atoms in total. The van der Waals surface area contributed by atoms with Crippen molar-refractivity contribution in [3.8, 4) is 0 Å². The first-order valence-electron chi connectivity index (χ1n) is 7.02. The Balaban J connectivity index is 1.70. The molecule has 5 aliphatic rings. The van der Waals surface area contributed by atoms with Crippen molar-refractivity contribution in [1.82, 2.24) is 0 Å². The first-order chi connectivity index (χ1) is 7.30. The number of allylic oxidation sites excluding steroid dienone is 2. The number of hydrogen-bond donors (Lipinski definition) is 0. The molecule has 0 radical (unpaired) electrons. The first kappa shape index (κ1) is 7.92. The molecule has 4 fully saturated rings. The van der Waals surface area contributed by atoms with Crippen molar-refractivity contribution in [2.45, 2.75) is 51.4 Å². The number of rotatable bonds is 0. The molecule has 0 saturated heterocycles. The van der Waals surface area contributed by atoms with Gasteiger partial charge in [0.1, 0.15) is 0 Å². The fourth-order valence-corrected chi connectivity index (χ4v) is 6.54. The lowest BCUT2D eigenvalue weighted by Crippen LogP contribution is -2.20. The largest absolute Gasteiger partial charge is 0.0813 e. The number of fused-ring (bicyclic) bond motifs is 3. The van der Waals surface area contributed by atoms with Crippen molar-refractivity contribution < 1.29 is 0 Å². The highest BCUT2D eigenvalue weighted by atomic mass is 14.7. The topological polar surface area (TPSA) is 0 Å². The fraction of sp³-hybridized carbons (Fsp3) is 0.867. The quantitative estimate of drug-likeness (QED) is 0.520. The van der Waals surface area contributed by atoms with Gasteiger partial charge in [-0.15, -0.1) is 0 Å². The minimum Gasteiger partial charge on any atom is -0.0813 e. The molecule has 0 aromatic carbocycles. The second kappa shape index (κ2) is 2.08. The molecule has 15 heavy (non-hydrogen) atoms. The second-order valence-corrected chi connectivity index (χ2v) is 7.34. The standard InChI is InChI=1S/C15H20/c1-3-14-7-10(1)5-12(14)13-6-11-2-4-15(13,8-11)9-14/h5,10-11,13H,1-4,6-9H2. The molecule has 0 heterocycles. The summed E-state index contributed by atoms with van der Waals surface area (Å²) in [6.45, 7) is 0. The van der Waals surface area contributed by atoms with Crippen LogP contribution >= 0.6 is 0 Å². The second-order valence-electron chi connectivity index (χ2n) is 7.34. The predicted molar refractivity (Wildman–Crippen MR) is 60.4 cm³/mol. The molecule has 0 aromatic rings. The van der Waals surface area contributed by atoms with E-state index in [4.69, 9.17) is 0 Å². The van der Waals surface area contributed by atoms with Crippen molar-refractivity contribution in [1.29, 1.82) is 0 Å². The highest BCUT2D eigenvalue weighted by Crippen LogP contribution is 2.76. The Morgan fingerprint density at radius 1 is 1.13 bits per heavy atom. The van der Waals surface area contributed by atoms with E-state index in [1.807, 2.05) is 5.57 Å². The van der Waals surface area contributed by atoms with Crippen molar-refractivity contribution in [3.05, 3.63) is 11.6 Å².